The van der Waals surface area contributed by atoms with Crippen LogP contribution in [-0.4, -0.2) is 11.3 Å². The first kappa shape index (κ1) is 17.1. The van der Waals surface area contributed by atoms with Gasteiger partial charge in [0.15, 0.2) is 0 Å². The van der Waals surface area contributed by atoms with E-state index in [0.29, 0.717) is 0 Å². The minimum atomic E-state index is 0.156. The Kier molecular flexibility index (Phi) is 6.92. The van der Waals surface area contributed by atoms with E-state index in [4.69, 9.17) is 0 Å². The van der Waals surface area contributed by atoms with E-state index in [9.17, 15) is 0 Å². The fourth-order valence-electron chi connectivity index (χ4n) is 1.48. The lowest BCUT2D eigenvalue weighted by Gasteiger charge is -2.21. The van der Waals surface area contributed by atoms with Crippen molar-refractivity contribution in [2.45, 2.75) is 58.0 Å². The highest BCUT2D eigenvalue weighted by atomic mass is 79.9. The highest BCUT2D eigenvalue weighted by Gasteiger charge is 2.10. The van der Waals surface area contributed by atoms with E-state index in [1.165, 1.54) is 27.1 Å². The van der Waals surface area contributed by atoms with Crippen LogP contribution in [0.2, 0.25) is 0 Å². The molecule has 0 aliphatic rings. The predicted octanol–water partition coefficient (Wildman–Crippen LogP) is 5.48. The summed E-state index contributed by atoms with van der Waals surface area (Å²) in [5.74, 6) is 1.98. The number of benzene rings is 1. The van der Waals surface area contributed by atoms with Crippen molar-refractivity contribution in [2.75, 3.05) is 5.75 Å². The number of halogens is 1. The van der Waals surface area contributed by atoms with Gasteiger partial charge in [0.25, 0.3) is 0 Å². The summed E-state index contributed by atoms with van der Waals surface area (Å²) in [5.41, 5.74) is 1.48. The second-order valence-electron chi connectivity index (χ2n) is 6.18. The molecule has 108 valence electrons. The van der Waals surface area contributed by atoms with Gasteiger partial charge >= 0.3 is 0 Å². The Bertz CT molecular complexity index is 398. The molecular formula is C16H26BrNS. The molecule has 0 radical (unpaired) electrons. The van der Waals surface area contributed by atoms with Crippen molar-refractivity contribution in [3.63, 3.8) is 0 Å². The Morgan fingerprint density at radius 2 is 2.00 bits per heavy atom. The van der Waals surface area contributed by atoms with Crippen LogP contribution < -0.4 is 5.32 Å². The smallest absolute Gasteiger partial charge is 0.0231 e. The van der Waals surface area contributed by atoms with Gasteiger partial charge in [-0.2, -0.15) is 0 Å². The van der Waals surface area contributed by atoms with Gasteiger partial charge in [-0.25, -0.2) is 0 Å². The Morgan fingerprint density at radius 1 is 1.32 bits per heavy atom. The maximum atomic E-state index is 3.69. The number of rotatable bonds is 6. The SMILES string of the molecule is CCC(C)CSc1ccc(CNC(C)(C)C)c(Br)c1. The second-order valence-corrected chi connectivity index (χ2v) is 8.13. The number of thioether (sulfide) groups is 1. The van der Waals surface area contributed by atoms with E-state index in [2.05, 4.69) is 74.1 Å². The van der Waals surface area contributed by atoms with E-state index in [1.54, 1.807) is 0 Å². The van der Waals surface area contributed by atoms with Crippen LogP contribution in [0.15, 0.2) is 27.6 Å². The van der Waals surface area contributed by atoms with Gasteiger partial charge in [0.05, 0.1) is 0 Å². The Labute approximate surface area is 131 Å². The average Bonchev–Trinajstić information content (AvgIpc) is 2.33. The Morgan fingerprint density at radius 3 is 2.53 bits per heavy atom. The third-order valence-electron chi connectivity index (χ3n) is 3.07. The fraction of sp³-hybridized carbons (Fsp3) is 0.625. The minimum absolute atomic E-state index is 0.156. The van der Waals surface area contributed by atoms with E-state index >= 15 is 0 Å². The molecule has 0 aliphatic heterocycles. The van der Waals surface area contributed by atoms with Crippen LogP contribution in [-0.2, 0) is 6.54 Å². The molecule has 0 aromatic heterocycles. The summed E-state index contributed by atoms with van der Waals surface area (Å²) in [6.45, 7) is 12.0. The van der Waals surface area contributed by atoms with E-state index in [1.807, 2.05) is 11.8 Å². The second kappa shape index (κ2) is 7.70. The molecule has 1 aromatic carbocycles. The third kappa shape index (κ3) is 6.82. The van der Waals surface area contributed by atoms with Gasteiger partial charge in [0, 0.05) is 27.2 Å². The molecule has 1 rings (SSSR count). The van der Waals surface area contributed by atoms with Crippen LogP contribution in [0.3, 0.4) is 0 Å². The maximum Gasteiger partial charge on any atom is 0.0231 e. The van der Waals surface area contributed by atoms with E-state index < -0.39 is 0 Å². The topological polar surface area (TPSA) is 12.0 Å². The molecule has 1 aromatic rings. The fourth-order valence-corrected chi connectivity index (χ4v) is 3.23. The van der Waals surface area contributed by atoms with Gasteiger partial charge in [0.2, 0.25) is 0 Å². The standard InChI is InChI=1S/C16H26BrNS/c1-6-12(2)11-19-14-8-7-13(15(17)9-14)10-18-16(3,4)5/h7-9,12,18H,6,10-11H2,1-5H3. The first-order chi connectivity index (χ1) is 8.81. The van der Waals surface area contributed by atoms with Crippen LogP contribution in [0.4, 0.5) is 0 Å². The van der Waals surface area contributed by atoms with Crippen molar-refractivity contribution in [3.8, 4) is 0 Å². The molecule has 1 nitrogen and oxygen atoms in total. The summed E-state index contributed by atoms with van der Waals surface area (Å²) in [7, 11) is 0. The molecule has 3 heteroatoms. The van der Waals surface area contributed by atoms with Gasteiger partial charge in [-0.1, -0.05) is 42.3 Å². The molecule has 0 saturated carbocycles. The Balaban J connectivity index is 2.59. The first-order valence-electron chi connectivity index (χ1n) is 6.98. The van der Waals surface area contributed by atoms with Crippen molar-refractivity contribution >= 4 is 27.7 Å². The number of hydrogen-bond donors (Lipinski definition) is 1. The molecule has 0 heterocycles. The van der Waals surface area contributed by atoms with E-state index in [0.717, 1.165) is 12.5 Å². The Hall–Kier alpha value is 0.01000. The van der Waals surface area contributed by atoms with Crippen LogP contribution in [0, 0.1) is 5.92 Å². The van der Waals surface area contributed by atoms with Crippen molar-refractivity contribution in [2.24, 2.45) is 5.92 Å². The summed E-state index contributed by atoms with van der Waals surface area (Å²) >= 11 is 5.63. The first-order valence-corrected chi connectivity index (χ1v) is 8.76. The zero-order chi connectivity index (χ0) is 14.5. The van der Waals surface area contributed by atoms with Crippen LogP contribution in [0.5, 0.6) is 0 Å². The lowest BCUT2D eigenvalue weighted by molar-refractivity contribution is 0.424. The molecule has 0 amide bonds. The highest BCUT2D eigenvalue weighted by Crippen LogP contribution is 2.27. The highest BCUT2D eigenvalue weighted by molar-refractivity contribution is 9.10. The maximum absolute atomic E-state index is 3.69. The van der Waals surface area contributed by atoms with E-state index in [-0.39, 0.29) is 5.54 Å². The van der Waals surface area contributed by atoms with Crippen molar-refractivity contribution in [3.05, 3.63) is 28.2 Å². The summed E-state index contributed by atoms with van der Waals surface area (Å²) in [5, 5.41) is 3.52. The van der Waals surface area contributed by atoms with Crippen LogP contribution >= 0.6 is 27.7 Å². The molecule has 19 heavy (non-hydrogen) atoms. The van der Waals surface area contributed by atoms with Crippen LogP contribution in [0.1, 0.15) is 46.6 Å². The lowest BCUT2D eigenvalue weighted by atomic mass is 10.1. The van der Waals surface area contributed by atoms with Crippen LogP contribution in [0.25, 0.3) is 0 Å². The quantitative estimate of drug-likeness (QED) is 0.686. The molecule has 1 unspecified atom stereocenters. The number of nitrogens with one attached hydrogen (secondary N) is 1. The summed E-state index contributed by atoms with van der Waals surface area (Å²) in [6, 6.07) is 6.70. The minimum Gasteiger partial charge on any atom is -0.308 e. The molecule has 1 atom stereocenters. The number of hydrogen-bond acceptors (Lipinski definition) is 2. The summed E-state index contributed by atoms with van der Waals surface area (Å²) in [6.07, 6.45) is 1.25. The van der Waals surface area contributed by atoms with Gasteiger partial charge < -0.3 is 5.32 Å². The van der Waals surface area contributed by atoms with Gasteiger partial charge in [-0.05, 0) is 44.4 Å². The van der Waals surface area contributed by atoms with Gasteiger partial charge in [-0.3, -0.25) is 0 Å². The molecular weight excluding hydrogens is 318 g/mol. The largest absolute Gasteiger partial charge is 0.308 e. The summed E-state index contributed by atoms with van der Waals surface area (Å²) in [4.78, 5) is 1.35. The van der Waals surface area contributed by atoms with Gasteiger partial charge in [-0.15, -0.1) is 11.8 Å². The lowest BCUT2D eigenvalue weighted by Crippen LogP contribution is -2.35. The molecule has 0 bridgehead atoms. The molecule has 0 aliphatic carbocycles. The zero-order valence-electron chi connectivity index (χ0n) is 12.7. The predicted molar refractivity (Wildman–Crippen MR) is 90.9 cm³/mol. The molecule has 0 saturated heterocycles. The van der Waals surface area contributed by atoms with Crippen molar-refractivity contribution in [1.29, 1.82) is 0 Å². The van der Waals surface area contributed by atoms with Gasteiger partial charge in [0.1, 0.15) is 0 Å². The normalized spacial score (nSPS) is 13.6. The monoisotopic (exact) mass is 343 g/mol. The third-order valence-corrected chi connectivity index (χ3v) is 5.13. The zero-order valence-corrected chi connectivity index (χ0v) is 15.1. The summed E-state index contributed by atoms with van der Waals surface area (Å²) < 4.78 is 1.21. The van der Waals surface area contributed by atoms with Crippen molar-refractivity contribution < 1.29 is 0 Å². The molecule has 0 spiro atoms. The molecule has 0 fully saturated rings. The van der Waals surface area contributed by atoms with Crippen molar-refractivity contribution in [1.82, 2.24) is 5.32 Å². The average molecular weight is 344 g/mol. The molecule has 1 N–H and O–H groups in total.